The molecule has 0 bridgehead atoms. The molecule has 0 radical (unpaired) electrons. The van der Waals surface area contributed by atoms with Crippen LogP contribution in [0, 0.1) is 5.92 Å². The Labute approximate surface area is 145 Å². The lowest BCUT2D eigenvalue weighted by Crippen LogP contribution is -2.46. The van der Waals surface area contributed by atoms with Crippen molar-refractivity contribution >= 4 is 35.1 Å². The van der Waals surface area contributed by atoms with Crippen LogP contribution in [0.2, 0.25) is 10.2 Å². The van der Waals surface area contributed by atoms with Gasteiger partial charge in [-0.25, -0.2) is 9.78 Å². The first-order valence-electron chi connectivity index (χ1n) is 7.71. The van der Waals surface area contributed by atoms with Gasteiger partial charge in [0.25, 0.3) is 5.91 Å². The lowest BCUT2D eigenvalue weighted by molar-refractivity contribution is -0.130. The van der Waals surface area contributed by atoms with Gasteiger partial charge in [-0.05, 0) is 31.7 Å². The fourth-order valence-electron chi connectivity index (χ4n) is 2.65. The summed E-state index contributed by atoms with van der Waals surface area (Å²) in [6.45, 7) is 3.67. The minimum atomic E-state index is -0.883. The van der Waals surface area contributed by atoms with E-state index in [4.69, 9.17) is 27.9 Å². The third-order valence-corrected chi connectivity index (χ3v) is 4.81. The van der Waals surface area contributed by atoms with Crippen LogP contribution in [0.4, 0.5) is 0 Å². The molecule has 1 saturated carbocycles. The van der Waals surface area contributed by atoms with E-state index in [9.17, 15) is 9.59 Å². The van der Waals surface area contributed by atoms with E-state index in [0.717, 1.165) is 19.3 Å². The molecule has 0 spiro atoms. The molecule has 23 heavy (non-hydrogen) atoms. The van der Waals surface area contributed by atoms with Gasteiger partial charge in [-0.1, -0.05) is 43.0 Å². The largest absolute Gasteiger partial charge is 0.449 e. The first kappa shape index (κ1) is 18.0. The van der Waals surface area contributed by atoms with Crippen molar-refractivity contribution in [1.29, 1.82) is 0 Å². The number of hydrogen-bond acceptors (Lipinski definition) is 4. The second-order valence-corrected chi connectivity index (χ2v) is 6.69. The van der Waals surface area contributed by atoms with E-state index in [2.05, 4.69) is 17.2 Å². The summed E-state index contributed by atoms with van der Waals surface area (Å²) in [7, 11) is 0. The van der Waals surface area contributed by atoms with E-state index in [-0.39, 0.29) is 27.7 Å². The molecule has 2 rings (SSSR count). The van der Waals surface area contributed by atoms with Crippen LogP contribution in [-0.4, -0.2) is 29.0 Å². The predicted octanol–water partition coefficient (Wildman–Crippen LogP) is 3.63. The van der Waals surface area contributed by atoms with E-state index in [1.54, 1.807) is 6.92 Å². The molecular weight excluding hydrogens is 339 g/mol. The number of esters is 1. The molecule has 1 N–H and O–H groups in total. The first-order valence-corrected chi connectivity index (χ1v) is 8.46. The van der Waals surface area contributed by atoms with Gasteiger partial charge in [-0.3, -0.25) is 4.79 Å². The van der Waals surface area contributed by atoms with Gasteiger partial charge in [-0.2, -0.15) is 0 Å². The molecule has 1 heterocycles. The SMILES string of the molecule is C[C@H](OC(=O)c1cnc(Cl)c(Cl)c1)C(=O)N[C@@H]1CCCC[C@@H]1C. The van der Waals surface area contributed by atoms with Gasteiger partial charge < -0.3 is 10.1 Å². The molecule has 0 aliphatic heterocycles. The third-order valence-electron chi connectivity index (χ3n) is 4.12. The second-order valence-electron chi connectivity index (χ2n) is 5.92. The standard InChI is InChI=1S/C16H20Cl2N2O3/c1-9-5-3-4-6-13(9)20-15(21)10(2)23-16(22)11-7-12(17)14(18)19-8-11/h7-10,13H,3-6H2,1-2H3,(H,20,21)/t9-,10-,13+/m0/s1. The molecule has 0 aromatic carbocycles. The lowest BCUT2D eigenvalue weighted by Gasteiger charge is -2.30. The van der Waals surface area contributed by atoms with Crippen LogP contribution in [0.5, 0.6) is 0 Å². The number of amides is 1. The Morgan fingerprint density at radius 3 is 2.70 bits per heavy atom. The second kappa shape index (κ2) is 7.97. The first-order chi connectivity index (χ1) is 10.9. The Hall–Kier alpha value is -1.33. The zero-order chi connectivity index (χ0) is 17.0. The Kier molecular flexibility index (Phi) is 6.25. The summed E-state index contributed by atoms with van der Waals surface area (Å²) in [5.41, 5.74) is 0.157. The van der Waals surface area contributed by atoms with Gasteiger partial charge >= 0.3 is 5.97 Å². The average Bonchev–Trinajstić information content (AvgIpc) is 2.52. The molecule has 1 aromatic rings. The number of nitrogens with one attached hydrogen (secondary N) is 1. The van der Waals surface area contributed by atoms with Crippen LogP contribution in [0.1, 0.15) is 49.9 Å². The van der Waals surface area contributed by atoms with Crippen LogP contribution >= 0.6 is 23.2 Å². The van der Waals surface area contributed by atoms with Gasteiger partial charge in [-0.15, -0.1) is 0 Å². The number of ether oxygens (including phenoxy) is 1. The molecule has 1 fully saturated rings. The van der Waals surface area contributed by atoms with Crippen LogP contribution < -0.4 is 5.32 Å². The quantitative estimate of drug-likeness (QED) is 0.659. The van der Waals surface area contributed by atoms with Gasteiger partial charge in [0.05, 0.1) is 10.6 Å². The molecule has 0 unspecified atom stereocenters. The zero-order valence-electron chi connectivity index (χ0n) is 13.1. The number of pyridine rings is 1. The lowest BCUT2D eigenvalue weighted by atomic mass is 9.86. The molecule has 126 valence electrons. The van der Waals surface area contributed by atoms with Gasteiger partial charge in [0.1, 0.15) is 5.15 Å². The minimum absolute atomic E-state index is 0.111. The van der Waals surface area contributed by atoms with Gasteiger partial charge in [0, 0.05) is 12.2 Å². The Bertz CT molecular complexity index is 595. The van der Waals surface area contributed by atoms with E-state index < -0.39 is 12.1 Å². The number of carbonyl (C=O) groups excluding carboxylic acids is 2. The number of hydrogen-bond donors (Lipinski definition) is 1. The van der Waals surface area contributed by atoms with Gasteiger partial charge in [0.15, 0.2) is 6.10 Å². The topological polar surface area (TPSA) is 68.3 Å². The van der Waals surface area contributed by atoms with E-state index >= 15 is 0 Å². The third kappa shape index (κ3) is 4.82. The van der Waals surface area contributed by atoms with E-state index in [1.165, 1.54) is 18.7 Å². The summed E-state index contributed by atoms with van der Waals surface area (Å²) in [4.78, 5) is 28.0. The Morgan fingerprint density at radius 2 is 2.04 bits per heavy atom. The molecule has 0 saturated heterocycles. The molecule has 1 aromatic heterocycles. The maximum absolute atomic E-state index is 12.2. The summed E-state index contributed by atoms with van der Waals surface area (Å²) in [6.07, 6.45) is 4.76. The van der Waals surface area contributed by atoms with Crippen molar-refractivity contribution in [2.75, 3.05) is 0 Å². The molecule has 1 amide bonds. The maximum atomic E-state index is 12.2. The Morgan fingerprint density at radius 1 is 1.35 bits per heavy atom. The summed E-state index contributed by atoms with van der Waals surface area (Å²) >= 11 is 11.5. The summed E-state index contributed by atoms with van der Waals surface area (Å²) in [5, 5.41) is 3.24. The number of halogens is 2. The maximum Gasteiger partial charge on any atom is 0.340 e. The van der Waals surface area contributed by atoms with Crippen LogP contribution in [0.3, 0.4) is 0 Å². The predicted molar refractivity (Wildman–Crippen MR) is 88.7 cm³/mol. The van der Waals surface area contributed by atoms with Crippen LogP contribution in [0.15, 0.2) is 12.3 Å². The van der Waals surface area contributed by atoms with Crippen molar-refractivity contribution in [2.24, 2.45) is 5.92 Å². The normalized spacial score (nSPS) is 22.3. The fourth-order valence-corrected chi connectivity index (χ4v) is 2.92. The monoisotopic (exact) mass is 358 g/mol. The van der Waals surface area contributed by atoms with E-state index in [1.807, 2.05) is 0 Å². The van der Waals surface area contributed by atoms with E-state index in [0.29, 0.717) is 5.92 Å². The highest BCUT2D eigenvalue weighted by atomic mass is 35.5. The van der Waals surface area contributed by atoms with Crippen LogP contribution in [0.25, 0.3) is 0 Å². The summed E-state index contributed by atoms with van der Waals surface area (Å²) in [5.74, 6) is -0.504. The zero-order valence-corrected chi connectivity index (χ0v) is 14.7. The minimum Gasteiger partial charge on any atom is -0.449 e. The summed E-state index contributed by atoms with van der Waals surface area (Å²) < 4.78 is 5.18. The summed E-state index contributed by atoms with van der Waals surface area (Å²) in [6, 6.07) is 1.51. The molecule has 1 aliphatic carbocycles. The number of nitrogens with zero attached hydrogens (tertiary/aromatic N) is 1. The number of aromatic nitrogens is 1. The molecule has 5 nitrogen and oxygen atoms in total. The van der Waals surface area contributed by atoms with Crippen LogP contribution in [-0.2, 0) is 9.53 Å². The molecule has 1 aliphatic rings. The number of carbonyl (C=O) groups is 2. The van der Waals surface area contributed by atoms with Crippen molar-refractivity contribution in [3.63, 3.8) is 0 Å². The highest BCUT2D eigenvalue weighted by Crippen LogP contribution is 2.24. The van der Waals surface area contributed by atoms with Crippen molar-refractivity contribution < 1.29 is 14.3 Å². The molecular formula is C16H20Cl2N2O3. The average molecular weight is 359 g/mol. The van der Waals surface area contributed by atoms with Crippen molar-refractivity contribution in [1.82, 2.24) is 10.3 Å². The number of rotatable bonds is 4. The smallest absolute Gasteiger partial charge is 0.340 e. The highest BCUT2D eigenvalue weighted by molar-refractivity contribution is 6.41. The van der Waals surface area contributed by atoms with Gasteiger partial charge in [0.2, 0.25) is 0 Å². The van der Waals surface area contributed by atoms with Crippen molar-refractivity contribution in [3.05, 3.63) is 28.0 Å². The molecule has 7 heteroatoms. The Balaban J connectivity index is 1.92. The van der Waals surface area contributed by atoms with Crippen molar-refractivity contribution in [2.45, 2.75) is 51.7 Å². The molecule has 3 atom stereocenters. The van der Waals surface area contributed by atoms with Crippen molar-refractivity contribution in [3.8, 4) is 0 Å². The fraction of sp³-hybridized carbons (Fsp3) is 0.562. The highest BCUT2D eigenvalue weighted by Gasteiger charge is 2.26.